The van der Waals surface area contributed by atoms with Crippen LogP contribution < -0.4 is 5.32 Å². The maximum atomic E-state index is 12.4. The molecule has 1 aromatic carbocycles. The molecule has 8 nitrogen and oxygen atoms in total. The van der Waals surface area contributed by atoms with Crippen molar-refractivity contribution in [3.63, 3.8) is 0 Å². The van der Waals surface area contributed by atoms with Gasteiger partial charge in [-0.2, -0.15) is 0 Å². The highest BCUT2D eigenvalue weighted by Crippen LogP contribution is 2.22. The van der Waals surface area contributed by atoms with Crippen LogP contribution in [0.1, 0.15) is 19.4 Å². The Morgan fingerprint density at radius 1 is 1.04 bits per heavy atom. The first-order valence-electron chi connectivity index (χ1n) is 8.82. The van der Waals surface area contributed by atoms with Gasteiger partial charge in [-0.3, -0.25) is 14.5 Å². The van der Waals surface area contributed by atoms with Gasteiger partial charge in [0.25, 0.3) is 0 Å². The van der Waals surface area contributed by atoms with Crippen molar-refractivity contribution < 1.29 is 18.0 Å². The monoisotopic (exact) mass is 398 g/mol. The molecule has 1 N–H and O–H groups in total. The van der Waals surface area contributed by atoms with Crippen LogP contribution >= 0.6 is 0 Å². The summed E-state index contributed by atoms with van der Waals surface area (Å²) in [5, 5.41) is 2.69. The van der Waals surface area contributed by atoms with Crippen LogP contribution in [-0.2, 0) is 19.6 Å². The van der Waals surface area contributed by atoms with Gasteiger partial charge in [-0.15, -0.1) is 0 Å². The number of likely N-dealkylation sites (N-methyl/N-ethyl adjacent to an activating group) is 2. The number of hydrogen-bond donors (Lipinski definition) is 1. The molecule has 0 fully saturated rings. The second-order valence-corrected chi connectivity index (χ2v) is 8.67. The summed E-state index contributed by atoms with van der Waals surface area (Å²) in [7, 11) is 1.01. The lowest BCUT2D eigenvalue weighted by Gasteiger charge is -2.22. The van der Waals surface area contributed by atoms with E-state index in [9.17, 15) is 18.0 Å². The zero-order chi connectivity index (χ0) is 20.8. The lowest BCUT2D eigenvalue weighted by Crippen LogP contribution is -2.41. The van der Waals surface area contributed by atoms with Crippen molar-refractivity contribution >= 4 is 27.5 Å². The maximum Gasteiger partial charge on any atom is 0.242 e. The first-order valence-corrected chi connectivity index (χ1v) is 10.3. The SMILES string of the molecule is CCN(CC)C(=O)CN(C)CC(=O)Nc1ccc(C)c(S(=O)(=O)N(C)C)c1. The highest BCUT2D eigenvalue weighted by atomic mass is 32.2. The predicted molar refractivity (Wildman–Crippen MR) is 106 cm³/mol. The van der Waals surface area contributed by atoms with Crippen LogP contribution in [-0.4, -0.2) is 81.7 Å². The maximum absolute atomic E-state index is 12.4. The summed E-state index contributed by atoms with van der Waals surface area (Å²) in [5.41, 5.74) is 0.998. The molecule has 0 unspecified atom stereocenters. The van der Waals surface area contributed by atoms with Crippen LogP contribution in [0.2, 0.25) is 0 Å². The first kappa shape index (κ1) is 23.1. The minimum Gasteiger partial charge on any atom is -0.342 e. The largest absolute Gasteiger partial charge is 0.342 e. The molecule has 0 aromatic heterocycles. The van der Waals surface area contributed by atoms with E-state index in [4.69, 9.17) is 0 Å². The number of carbonyl (C=O) groups is 2. The van der Waals surface area contributed by atoms with E-state index in [0.717, 1.165) is 4.31 Å². The van der Waals surface area contributed by atoms with Gasteiger partial charge in [0, 0.05) is 32.9 Å². The van der Waals surface area contributed by atoms with Crippen molar-refractivity contribution in [1.82, 2.24) is 14.1 Å². The number of nitrogens with one attached hydrogen (secondary N) is 1. The number of aryl methyl sites for hydroxylation is 1. The van der Waals surface area contributed by atoms with Crippen LogP contribution in [0.15, 0.2) is 23.1 Å². The quantitative estimate of drug-likeness (QED) is 0.670. The van der Waals surface area contributed by atoms with E-state index in [1.807, 2.05) is 13.8 Å². The number of anilines is 1. The van der Waals surface area contributed by atoms with Gasteiger partial charge in [0.05, 0.1) is 18.0 Å². The van der Waals surface area contributed by atoms with E-state index in [0.29, 0.717) is 24.3 Å². The molecule has 0 spiro atoms. The van der Waals surface area contributed by atoms with Crippen molar-refractivity contribution in [2.75, 3.05) is 52.6 Å². The van der Waals surface area contributed by atoms with Crippen molar-refractivity contribution in [3.05, 3.63) is 23.8 Å². The molecule has 1 aromatic rings. The van der Waals surface area contributed by atoms with E-state index in [1.54, 1.807) is 35.9 Å². The summed E-state index contributed by atoms with van der Waals surface area (Å²) < 4.78 is 25.9. The average Bonchev–Trinajstić information content (AvgIpc) is 2.57. The predicted octanol–water partition coefficient (Wildman–Crippen LogP) is 0.984. The third-order valence-electron chi connectivity index (χ3n) is 4.17. The second kappa shape index (κ2) is 9.82. The lowest BCUT2D eigenvalue weighted by atomic mass is 10.2. The second-order valence-electron chi connectivity index (χ2n) is 6.55. The molecule has 0 heterocycles. The highest BCUT2D eigenvalue weighted by molar-refractivity contribution is 7.89. The first-order chi connectivity index (χ1) is 12.5. The van der Waals surface area contributed by atoms with Gasteiger partial charge < -0.3 is 10.2 Å². The number of sulfonamides is 1. The Bertz CT molecular complexity index is 774. The van der Waals surface area contributed by atoms with Gasteiger partial charge in [-0.25, -0.2) is 12.7 Å². The zero-order valence-electron chi connectivity index (χ0n) is 16.9. The van der Waals surface area contributed by atoms with E-state index in [2.05, 4.69) is 5.32 Å². The van der Waals surface area contributed by atoms with E-state index in [1.165, 1.54) is 20.2 Å². The Balaban J connectivity index is 2.79. The number of rotatable bonds is 9. The molecule has 0 radical (unpaired) electrons. The van der Waals surface area contributed by atoms with Crippen LogP contribution in [0, 0.1) is 6.92 Å². The fourth-order valence-corrected chi connectivity index (χ4v) is 3.71. The van der Waals surface area contributed by atoms with E-state index >= 15 is 0 Å². The Morgan fingerprint density at radius 2 is 1.63 bits per heavy atom. The molecule has 2 amide bonds. The normalized spacial score (nSPS) is 11.7. The number of carbonyl (C=O) groups excluding carboxylic acids is 2. The summed E-state index contributed by atoms with van der Waals surface area (Å²) in [6, 6.07) is 4.76. The summed E-state index contributed by atoms with van der Waals surface area (Å²) in [6.07, 6.45) is 0. The summed E-state index contributed by atoms with van der Waals surface area (Å²) in [6.45, 7) is 6.94. The molecule has 0 atom stereocenters. The molecule has 9 heteroatoms. The summed E-state index contributed by atoms with van der Waals surface area (Å²) in [5.74, 6) is -0.355. The molecule has 0 saturated carbocycles. The molecule has 0 aliphatic rings. The fraction of sp³-hybridized carbons (Fsp3) is 0.556. The van der Waals surface area contributed by atoms with E-state index in [-0.39, 0.29) is 29.8 Å². The molecule has 0 saturated heterocycles. The summed E-state index contributed by atoms with van der Waals surface area (Å²) in [4.78, 5) is 27.8. The van der Waals surface area contributed by atoms with Crippen LogP contribution in [0.3, 0.4) is 0 Å². The standard InChI is InChI=1S/C18H30N4O4S/c1-7-22(8-2)18(24)13-21(6)12-17(23)19-15-10-9-14(3)16(11-15)27(25,26)20(4)5/h9-11H,7-8,12-13H2,1-6H3,(H,19,23). The fourth-order valence-electron chi connectivity index (χ4n) is 2.56. The molecule has 0 bridgehead atoms. The lowest BCUT2D eigenvalue weighted by molar-refractivity contribution is -0.132. The molecular formula is C18H30N4O4S. The number of benzene rings is 1. The molecule has 0 aliphatic carbocycles. The molecule has 27 heavy (non-hydrogen) atoms. The van der Waals surface area contributed by atoms with Crippen LogP contribution in [0.4, 0.5) is 5.69 Å². The zero-order valence-corrected chi connectivity index (χ0v) is 17.8. The Kier molecular flexibility index (Phi) is 8.39. The molecule has 152 valence electrons. The number of hydrogen-bond acceptors (Lipinski definition) is 5. The van der Waals surface area contributed by atoms with Gasteiger partial charge in [-0.1, -0.05) is 6.07 Å². The minimum atomic E-state index is -3.60. The Morgan fingerprint density at radius 3 is 2.15 bits per heavy atom. The van der Waals surface area contributed by atoms with Gasteiger partial charge in [0.2, 0.25) is 21.8 Å². The van der Waals surface area contributed by atoms with Gasteiger partial charge in [-0.05, 0) is 45.5 Å². The average molecular weight is 399 g/mol. The Labute approximate surface area is 162 Å². The van der Waals surface area contributed by atoms with Gasteiger partial charge in [0.1, 0.15) is 0 Å². The molecule has 1 rings (SSSR count). The van der Waals surface area contributed by atoms with Crippen molar-refractivity contribution in [3.8, 4) is 0 Å². The van der Waals surface area contributed by atoms with Crippen LogP contribution in [0.5, 0.6) is 0 Å². The van der Waals surface area contributed by atoms with Gasteiger partial charge in [0.15, 0.2) is 0 Å². The topological polar surface area (TPSA) is 90.0 Å². The number of amides is 2. The molecule has 0 aliphatic heterocycles. The van der Waals surface area contributed by atoms with Crippen molar-refractivity contribution in [1.29, 1.82) is 0 Å². The van der Waals surface area contributed by atoms with Crippen LogP contribution in [0.25, 0.3) is 0 Å². The minimum absolute atomic E-state index is 0.0245. The van der Waals surface area contributed by atoms with E-state index < -0.39 is 10.0 Å². The molecular weight excluding hydrogens is 368 g/mol. The summed E-state index contributed by atoms with van der Waals surface area (Å²) >= 11 is 0. The Hall–Kier alpha value is -1.97. The van der Waals surface area contributed by atoms with Gasteiger partial charge >= 0.3 is 0 Å². The van der Waals surface area contributed by atoms with Crippen molar-refractivity contribution in [2.24, 2.45) is 0 Å². The highest BCUT2D eigenvalue weighted by Gasteiger charge is 2.21. The number of nitrogens with zero attached hydrogens (tertiary/aromatic N) is 3. The smallest absolute Gasteiger partial charge is 0.242 e. The van der Waals surface area contributed by atoms with Crippen molar-refractivity contribution in [2.45, 2.75) is 25.7 Å². The third kappa shape index (κ3) is 6.30. The third-order valence-corrected chi connectivity index (χ3v) is 6.12.